The SMILES string of the molecule is C=CN(/C=C\C)c1cc(C)nc2c(OCc3c(Cl)cncc3/C=C/C=NC)cccc12. The van der Waals surface area contributed by atoms with Crippen molar-refractivity contribution >= 4 is 40.5 Å². The molecule has 0 unspecified atom stereocenters. The van der Waals surface area contributed by atoms with E-state index in [-0.39, 0.29) is 6.61 Å². The maximum Gasteiger partial charge on any atom is 0.146 e. The first kappa shape index (κ1) is 22.2. The predicted molar refractivity (Wildman–Crippen MR) is 131 cm³/mol. The molecule has 0 amide bonds. The number of ether oxygens (including phenoxy) is 1. The first-order chi connectivity index (χ1) is 15.1. The Morgan fingerprint density at radius 1 is 1.29 bits per heavy atom. The van der Waals surface area contributed by atoms with Crippen molar-refractivity contribution in [2.75, 3.05) is 11.9 Å². The zero-order chi connectivity index (χ0) is 22.2. The van der Waals surface area contributed by atoms with Crippen LogP contribution >= 0.6 is 11.6 Å². The molecule has 0 saturated heterocycles. The maximum atomic E-state index is 6.42. The second-order valence-electron chi connectivity index (χ2n) is 6.75. The summed E-state index contributed by atoms with van der Waals surface area (Å²) in [6.45, 7) is 8.15. The smallest absolute Gasteiger partial charge is 0.146 e. The number of benzene rings is 1. The van der Waals surface area contributed by atoms with Gasteiger partial charge in [0.1, 0.15) is 17.9 Å². The van der Waals surface area contributed by atoms with Gasteiger partial charge < -0.3 is 9.64 Å². The summed E-state index contributed by atoms with van der Waals surface area (Å²) >= 11 is 6.42. The van der Waals surface area contributed by atoms with Crippen LogP contribution in [0.1, 0.15) is 23.7 Å². The molecule has 0 spiro atoms. The standard InChI is InChI=1S/C25H25ClN4O/c1-5-13-30(6-2)23-14-18(3)29-25-20(23)10-7-11-24(25)31-17-21-19(9-8-12-27-4)15-28-16-22(21)26/h5-16H,2,17H2,1,3-4H3/b9-8+,13-5-,27-12?. The zero-order valence-corrected chi connectivity index (χ0v) is 18.7. The monoisotopic (exact) mass is 432 g/mol. The number of aryl methyl sites for hydroxylation is 1. The molecule has 5 nitrogen and oxygen atoms in total. The van der Waals surface area contributed by atoms with Crippen LogP contribution in [0.2, 0.25) is 5.02 Å². The number of para-hydroxylation sites is 1. The van der Waals surface area contributed by atoms with Gasteiger partial charge in [0.15, 0.2) is 0 Å². The first-order valence-electron chi connectivity index (χ1n) is 9.87. The van der Waals surface area contributed by atoms with Gasteiger partial charge in [0.05, 0.1) is 10.7 Å². The van der Waals surface area contributed by atoms with Gasteiger partial charge in [0, 0.05) is 60.3 Å². The van der Waals surface area contributed by atoms with Crippen LogP contribution in [-0.2, 0) is 6.61 Å². The number of nitrogens with zero attached hydrogens (tertiary/aromatic N) is 4. The van der Waals surface area contributed by atoms with E-state index in [1.54, 1.807) is 31.9 Å². The Bertz CT molecular complexity index is 1170. The van der Waals surface area contributed by atoms with Gasteiger partial charge in [-0.25, -0.2) is 4.98 Å². The van der Waals surface area contributed by atoms with Crippen molar-refractivity contribution in [2.24, 2.45) is 4.99 Å². The summed E-state index contributed by atoms with van der Waals surface area (Å²) in [5.74, 6) is 0.685. The molecule has 0 aliphatic rings. The van der Waals surface area contributed by atoms with E-state index in [1.165, 1.54) is 0 Å². The molecule has 2 heterocycles. The summed E-state index contributed by atoms with van der Waals surface area (Å²) in [5, 5.41) is 1.52. The Hall–Kier alpha value is -3.44. The van der Waals surface area contributed by atoms with Crippen LogP contribution in [0.3, 0.4) is 0 Å². The van der Waals surface area contributed by atoms with Crippen molar-refractivity contribution in [3.63, 3.8) is 0 Å². The van der Waals surface area contributed by atoms with Gasteiger partial charge in [0.25, 0.3) is 0 Å². The molecule has 0 aliphatic heterocycles. The highest BCUT2D eigenvalue weighted by atomic mass is 35.5. The topological polar surface area (TPSA) is 50.6 Å². The summed E-state index contributed by atoms with van der Waals surface area (Å²) in [5.41, 5.74) is 4.39. The van der Waals surface area contributed by atoms with Crippen molar-refractivity contribution in [1.29, 1.82) is 0 Å². The molecule has 158 valence electrons. The summed E-state index contributed by atoms with van der Waals surface area (Å²) in [7, 11) is 1.72. The number of anilines is 1. The summed E-state index contributed by atoms with van der Waals surface area (Å²) < 4.78 is 6.21. The highest BCUT2D eigenvalue weighted by Crippen LogP contribution is 2.33. The minimum Gasteiger partial charge on any atom is -0.487 e. The van der Waals surface area contributed by atoms with E-state index < -0.39 is 0 Å². The summed E-state index contributed by atoms with van der Waals surface area (Å²) in [6.07, 6.45) is 14.5. The number of fused-ring (bicyclic) bond motifs is 1. The third-order valence-corrected chi connectivity index (χ3v) is 4.94. The molecule has 1 aromatic carbocycles. The quantitative estimate of drug-likeness (QED) is 0.388. The molecule has 0 fully saturated rings. The van der Waals surface area contributed by atoms with Crippen molar-refractivity contribution < 1.29 is 4.74 Å². The van der Waals surface area contributed by atoms with E-state index in [9.17, 15) is 0 Å². The van der Waals surface area contributed by atoms with Crippen LogP contribution < -0.4 is 9.64 Å². The minimum atomic E-state index is 0.286. The Labute approximate surface area is 188 Å². The van der Waals surface area contributed by atoms with E-state index in [1.807, 2.05) is 67.4 Å². The largest absolute Gasteiger partial charge is 0.487 e. The second kappa shape index (κ2) is 10.5. The number of aliphatic imine (C=N–C) groups is 1. The second-order valence-corrected chi connectivity index (χ2v) is 7.16. The molecular formula is C25H25ClN4O. The first-order valence-corrected chi connectivity index (χ1v) is 10.2. The molecule has 0 N–H and O–H groups in total. The van der Waals surface area contributed by atoms with Crippen LogP contribution in [0, 0.1) is 6.92 Å². The van der Waals surface area contributed by atoms with Crippen molar-refractivity contribution in [2.45, 2.75) is 20.5 Å². The minimum absolute atomic E-state index is 0.286. The summed E-state index contributed by atoms with van der Waals surface area (Å²) in [4.78, 5) is 14.9. The van der Waals surface area contributed by atoms with Gasteiger partial charge in [0.2, 0.25) is 0 Å². The van der Waals surface area contributed by atoms with E-state index in [0.717, 1.165) is 33.4 Å². The fourth-order valence-corrected chi connectivity index (χ4v) is 3.43. The van der Waals surface area contributed by atoms with Gasteiger partial charge in [-0.1, -0.05) is 42.5 Å². The average Bonchev–Trinajstić information content (AvgIpc) is 2.77. The van der Waals surface area contributed by atoms with E-state index in [0.29, 0.717) is 10.8 Å². The van der Waals surface area contributed by atoms with Gasteiger partial charge in [-0.3, -0.25) is 9.98 Å². The van der Waals surface area contributed by atoms with Crippen LogP contribution in [0.25, 0.3) is 17.0 Å². The fourth-order valence-electron chi connectivity index (χ4n) is 3.21. The maximum absolute atomic E-state index is 6.42. The van der Waals surface area contributed by atoms with Gasteiger partial charge >= 0.3 is 0 Å². The van der Waals surface area contributed by atoms with Gasteiger partial charge in [-0.05, 0) is 32.1 Å². The molecule has 3 rings (SSSR count). The number of hydrogen-bond acceptors (Lipinski definition) is 5. The number of halogens is 1. The molecule has 0 radical (unpaired) electrons. The zero-order valence-electron chi connectivity index (χ0n) is 17.9. The third-order valence-electron chi connectivity index (χ3n) is 4.61. The van der Waals surface area contributed by atoms with Crippen molar-refractivity contribution in [3.8, 4) is 5.75 Å². The third kappa shape index (κ3) is 5.19. The lowest BCUT2D eigenvalue weighted by molar-refractivity contribution is 0.309. The van der Waals surface area contributed by atoms with Crippen LogP contribution in [0.15, 0.2) is 72.8 Å². The molecule has 0 bridgehead atoms. The van der Waals surface area contributed by atoms with Crippen LogP contribution in [0.4, 0.5) is 5.69 Å². The lowest BCUT2D eigenvalue weighted by atomic mass is 10.1. The van der Waals surface area contributed by atoms with Gasteiger partial charge in [-0.2, -0.15) is 0 Å². The summed E-state index contributed by atoms with van der Waals surface area (Å²) in [6, 6.07) is 7.94. The molecule has 0 aliphatic carbocycles. The Kier molecular flexibility index (Phi) is 7.57. The van der Waals surface area contributed by atoms with Crippen molar-refractivity contribution in [3.05, 3.63) is 89.6 Å². The van der Waals surface area contributed by atoms with E-state index in [2.05, 4.69) is 16.6 Å². The highest BCUT2D eigenvalue weighted by Gasteiger charge is 2.13. The lowest BCUT2D eigenvalue weighted by Gasteiger charge is -2.19. The lowest BCUT2D eigenvalue weighted by Crippen LogP contribution is -2.08. The highest BCUT2D eigenvalue weighted by molar-refractivity contribution is 6.31. The predicted octanol–water partition coefficient (Wildman–Crippen LogP) is 6.37. The van der Waals surface area contributed by atoms with E-state index >= 15 is 0 Å². The number of pyridine rings is 2. The molecule has 6 heteroatoms. The number of aromatic nitrogens is 2. The van der Waals surface area contributed by atoms with Gasteiger partial charge in [-0.15, -0.1) is 0 Å². The normalized spacial score (nSPS) is 11.7. The Morgan fingerprint density at radius 2 is 2.13 bits per heavy atom. The van der Waals surface area contributed by atoms with Crippen molar-refractivity contribution in [1.82, 2.24) is 9.97 Å². The molecule has 0 atom stereocenters. The molecular weight excluding hydrogens is 408 g/mol. The Morgan fingerprint density at radius 3 is 2.87 bits per heavy atom. The molecule has 2 aromatic heterocycles. The fraction of sp³-hybridized carbons (Fsp3) is 0.160. The number of allylic oxidation sites excluding steroid dienone is 2. The molecule has 0 saturated carbocycles. The number of hydrogen-bond donors (Lipinski definition) is 0. The molecule has 3 aromatic rings. The Balaban J connectivity index is 2.01. The van der Waals surface area contributed by atoms with E-state index in [4.69, 9.17) is 21.3 Å². The van der Waals surface area contributed by atoms with Crippen LogP contribution in [0.5, 0.6) is 5.75 Å². The van der Waals surface area contributed by atoms with Crippen LogP contribution in [-0.4, -0.2) is 23.2 Å². The molecule has 31 heavy (non-hydrogen) atoms. The number of rotatable bonds is 8. The average molecular weight is 433 g/mol.